The Hall–Kier alpha value is -1.65. The largest absolute Gasteiger partial charge is 0.333 e. The van der Waals surface area contributed by atoms with E-state index in [1.165, 1.54) is 14.1 Å². The van der Waals surface area contributed by atoms with E-state index in [2.05, 4.69) is 0 Å². The molecule has 0 aromatic rings. The summed E-state index contributed by atoms with van der Waals surface area (Å²) in [6, 6.07) is -0.587. The van der Waals surface area contributed by atoms with Crippen LogP contribution in [0, 0.1) is 5.92 Å². The summed E-state index contributed by atoms with van der Waals surface area (Å²) in [5, 5.41) is 0. The Kier molecular flexibility index (Phi) is 3.47. The second kappa shape index (κ2) is 4.47. The average Bonchev–Trinajstić information content (AvgIpc) is 2.29. The monoisotopic (exact) mass is 224 g/mol. The minimum atomic E-state index is -0.587. The van der Waals surface area contributed by atoms with Crippen LogP contribution in [0.3, 0.4) is 0 Å². The summed E-state index contributed by atoms with van der Waals surface area (Å²) in [5.74, 6) is -0.903. The highest BCUT2D eigenvalue weighted by Crippen LogP contribution is 2.17. The fourth-order valence-corrected chi connectivity index (χ4v) is 1.40. The molecule has 0 aliphatic carbocycles. The van der Waals surface area contributed by atoms with Crippen molar-refractivity contribution in [3.8, 4) is 0 Å². The van der Waals surface area contributed by atoms with Crippen molar-refractivity contribution < 1.29 is 14.4 Å². The smallest absolute Gasteiger partial charge is 0.268 e. The zero-order valence-electron chi connectivity index (χ0n) is 9.98. The second-order valence-electron chi connectivity index (χ2n) is 3.98. The lowest BCUT2D eigenvalue weighted by Gasteiger charge is -2.29. The van der Waals surface area contributed by atoms with Crippen LogP contribution in [-0.2, 0) is 9.59 Å². The standard InChI is InChI=1S/C11H16N2O3/c1-5-7(2)6-8-9(14)12(3)11(16)13(4)10(8)15/h6-7H,5H2,1-4H3. The number of likely N-dealkylation sites (N-methyl/N-ethyl adjacent to an activating group) is 2. The molecule has 0 spiro atoms. The fraction of sp³-hybridized carbons (Fsp3) is 0.545. The molecule has 0 saturated carbocycles. The number of carbonyl (C=O) groups is 3. The summed E-state index contributed by atoms with van der Waals surface area (Å²) in [7, 11) is 2.75. The molecular weight excluding hydrogens is 208 g/mol. The Labute approximate surface area is 94.7 Å². The maximum absolute atomic E-state index is 11.7. The summed E-state index contributed by atoms with van der Waals surface area (Å²) in [4.78, 5) is 36.8. The number of imide groups is 2. The molecule has 1 rings (SSSR count). The van der Waals surface area contributed by atoms with Crippen LogP contribution in [0.2, 0.25) is 0 Å². The van der Waals surface area contributed by atoms with E-state index in [1.54, 1.807) is 6.08 Å². The van der Waals surface area contributed by atoms with E-state index in [0.717, 1.165) is 16.2 Å². The zero-order chi connectivity index (χ0) is 12.5. The first-order valence-electron chi connectivity index (χ1n) is 5.22. The van der Waals surface area contributed by atoms with Gasteiger partial charge in [-0.1, -0.05) is 26.3 Å². The first-order chi connectivity index (χ1) is 7.40. The van der Waals surface area contributed by atoms with Crippen molar-refractivity contribution in [2.24, 2.45) is 5.92 Å². The first-order valence-corrected chi connectivity index (χ1v) is 5.22. The number of amides is 4. The van der Waals surface area contributed by atoms with Crippen LogP contribution in [0.15, 0.2) is 11.6 Å². The van der Waals surface area contributed by atoms with Gasteiger partial charge in [-0.05, 0) is 5.92 Å². The number of hydrogen-bond donors (Lipinski definition) is 0. The lowest BCUT2D eigenvalue weighted by atomic mass is 10.0. The van der Waals surface area contributed by atoms with E-state index < -0.39 is 17.8 Å². The number of nitrogens with zero attached hydrogens (tertiary/aromatic N) is 2. The summed E-state index contributed by atoms with van der Waals surface area (Å²) in [6.07, 6.45) is 2.47. The SMILES string of the molecule is CCC(C)C=C1C(=O)N(C)C(=O)N(C)C1=O. The van der Waals surface area contributed by atoms with Gasteiger partial charge in [-0.15, -0.1) is 0 Å². The predicted octanol–water partition coefficient (Wildman–Crippen LogP) is 1.01. The molecule has 4 amide bonds. The lowest BCUT2D eigenvalue weighted by Crippen LogP contribution is -2.53. The highest BCUT2D eigenvalue weighted by Gasteiger charge is 2.37. The number of carbonyl (C=O) groups excluding carboxylic acids is 3. The molecular formula is C11H16N2O3. The third-order valence-corrected chi connectivity index (χ3v) is 2.74. The van der Waals surface area contributed by atoms with Crippen LogP contribution in [0.5, 0.6) is 0 Å². The van der Waals surface area contributed by atoms with Crippen molar-refractivity contribution in [3.63, 3.8) is 0 Å². The molecule has 1 fully saturated rings. The summed E-state index contributed by atoms with van der Waals surface area (Å²) < 4.78 is 0. The third kappa shape index (κ3) is 1.98. The van der Waals surface area contributed by atoms with E-state index in [9.17, 15) is 14.4 Å². The summed E-state index contributed by atoms with van der Waals surface area (Å²) in [6.45, 7) is 3.89. The van der Waals surface area contributed by atoms with Crippen molar-refractivity contribution in [1.82, 2.24) is 9.80 Å². The number of barbiturate groups is 1. The second-order valence-corrected chi connectivity index (χ2v) is 3.98. The number of urea groups is 1. The molecule has 1 aliphatic rings. The summed E-state index contributed by atoms with van der Waals surface area (Å²) in [5.41, 5.74) is 0.0824. The first kappa shape index (κ1) is 12.4. The molecule has 0 bridgehead atoms. The van der Waals surface area contributed by atoms with Crippen molar-refractivity contribution in [1.29, 1.82) is 0 Å². The van der Waals surface area contributed by atoms with Gasteiger partial charge in [0, 0.05) is 14.1 Å². The van der Waals surface area contributed by atoms with E-state index >= 15 is 0 Å². The van der Waals surface area contributed by atoms with Crippen molar-refractivity contribution in [2.75, 3.05) is 14.1 Å². The quantitative estimate of drug-likeness (QED) is 0.519. The molecule has 5 heteroatoms. The average molecular weight is 224 g/mol. The molecule has 88 valence electrons. The maximum Gasteiger partial charge on any atom is 0.333 e. The number of rotatable bonds is 2. The van der Waals surface area contributed by atoms with Crippen molar-refractivity contribution in [2.45, 2.75) is 20.3 Å². The molecule has 0 aromatic carbocycles. The minimum absolute atomic E-state index is 0.0824. The van der Waals surface area contributed by atoms with Gasteiger partial charge >= 0.3 is 6.03 Å². The van der Waals surface area contributed by atoms with E-state index in [1.807, 2.05) is 13.8 Å². The molecule has 1 aliphatic heterocycles. The molecule has 0 radical (unpaired) electrons. The molecule has 1 saturated heterocycles. The topological polar surface area (TPSA) is 57.7 Å². The Bertz CT molecular complexity index is 347. The van der Waals surface area contributed by atoms with Crippen molar-refractivity contribution >= 4 is 17.8 Å². The zero-order valence-corrected chi connectivity index (χ0v) is 9.98. The molecule has 0 aromatic heterocycles. The van der Waals surface area contributed by atoms with Crippen LogP contribution in [0.1, 0.15) is 20.3 Å². The van der Waals surface area contributed by atoms with Gasteiger partial charge in [0.2, 0.25) is 0 Å². The van der Waals surface area contributed by atoms with Crippen LogP contribution in [0.4, 0.5) is 4.79 Å². The van der Waals surface area contributed by atoms with Gasteiger partial charge < -0.3 is 0 Å². The fourth-order valence-electron chi connectivity index (χ4n) is 1.40. The Morgan fingerprint density at radius 1 is 1.12 bits per heavy atom. The Morgan fingerprint density at radius 2 is 1.56 bits per heavy atom. The molecule has 1 heterocycles. The Morgan fingerprint density at radius 3 is 1.94 bits per heavy atom. The van der Waals surface area contributed by atoms with Crippen LogP contribution in [-0.4, -0.2) is 41.7 Å². The molecule has 1 unspecified atom stereocenters. The van der Waals surface area contributed by atoms with Gasteiger partial charge in [-0.2, -0.15) is 0 Å². The van der Waals surface area contributed by atoms with Gasteiger partial charge in [-0.25, -0.2) is 4.79 Å². The Balaban J connectivity index is 3.10. The van der Waals surface area contributed by atoms with Crippen molar-refractivity contribution in [3.05, 3.63) is 11.6 Å². The molecule has 0 N–H and O–H groups in total. The molecule has 5 nitrogen and oxygen atoms in total. The van der Waals surface area contributed by atoms with Gasteiger partial charge in [-0.3, -0.25) is 19.4 Å². The van der Waals surface area contributed by atoms with Gasteiger partial charge in [0.1, 0.15) is 5.57 Å². The molecule has 16 heavy (non-hydrogen) atoms. The van der Waals surface area contributed by atoms with Gasteiger partial charge in [0.15, 0.2) is 0 Å². The van der Waals surface area contributed by atoms with E-state index in [-0.39, 0.29) is 11.5 Å². The third-order valence-electron chi connectivity index (χ3n) is 2.74. The summed E-state index contributed by atoms with van der Waals surface area (Å²) >= 11 is 0. The van der Waals surface area contributed by atoms with Crippen LogP contribution >= 0.6 is 0 Å². The highest BCUT2D eigenvalue weighted by molar-refractivity contribution is 6.28. The van der Waals surface area contributed by atoms with Crippen LogP contribution in [0.25, 0.3) is 0 Å². The number of hydrogen-bond acceptors (Lipinski definition) is 3. The minimum Gasteiger partial charge on any atom is -0.268 e. The van der Waals surface area contributed by atoms with E-state index in [4.69, 9.17) is 0 Å². The van der Waals surface area contributed by atoms with Crippen LogP contribution < -0.4 is 0 Å². The molecule has 1 atom stereocenters. The van der Waals surface area contributed by atoms with E-state index in [0.29, 0.717) is 0 Å². The maximum atomic E-state index is 11.7. The lowest BCUT2D eigenvalue weighted by molar-refractivity contribution is -0.134. The predicted molar refractivity (Wildman–Crippen MR) is 58.5 cm³/mol. The highest BCUT2D eigenvalue weighted by atomic mass is 16.2. The van der Waals surface area contributed by atoms with Gasteiger partial charge in [0.05, 0.1) is 0 Å². The normalized spacial score (nSPS) is 19.2. The number of allylic oxidation sites excluding steroid dienone is 1. The van der Waals surface area contributed by atoms with Gasteiger partial charge in [0.25, 0.3) is 11.8 Å².